The van der Waals surface area contributed by atoms with Crippen LogP contribution in [0.2, 0.25) is 0 Å². The van der Waals surface area contributed by atoms with Gasteiger partial charge < -0.3 is 19.4 Å². The summed E-state index contributed by atoms with van der Waals surface area (Å²) in [5.41, 5.74) is 2.37. The van der Waals surface area contributed by atoms with Gasteiger partial charge in [-0.15, -0.1) is 0 Å². The molecule has 1 N–H and O–H groups in total. The predicted octanol–water partition coefficient (Wildman–Crippen LogP) is 3.68. The van der Waals surface area contributed by atoms with Gasteiger partial charge in [0.05, 0.1) is 24.9 Å². The standard InChI is InChI=1S/C18H23N3O3/c1-4-18(3)12-21(8-10-24-18)17(22)20-14-6-5-13(2)15(11-14)16-19-7-9-23-16/h5-7,9,11H,4,8,10,12H2,1-3H3,(H,20,22)/t18-/m1/s1. The number of hydrogen-bond acceptors (Lipinski definition) is 4. The molecule has 6 nitrogen and oxygen atoms in total. The number of carbonyl (C=O) groups is 1. The van der Waals surface area contributed by atoms with Gasteiger partial charge in [0.1, 0.15) is 6.26 Å². The van der Waals surface area contributed by atoms with Crippen molar-refractivity contribution in [3.8, 4) is 11.5 Å². The fourth-order valence-electron chi connectivity index (χ4n) is 2.81. The van der Waals surface area contributed by atoms with Crippen molar-refractivity contribution < 1.29 is 13.9 Å². The fourth-order valence-corrected chi connectivity index (χ4v) is 2.81. The Morgan fingerprint density at radius 1 is 1.46 bits per heavy atom. The van der Waals surface area contributed by atoms with Crippen LogP contribution in [-0.4, -0.2) is 41.2 Å². The third kappa shape index (κ3) is 3.43. The summed E-state index contributed by atoms with van der Waals surface area (Å²) in [6, 6.07) is 5.61. The van der Waals surface area contributed by atoms with Crippen LogP contribution in [0, 0.1) is 6.92 Å². The zero-order valence-electron chi connectivity index (χ0n) is 14.3. The minimum Gasteiger partial charge on any atom is -0.445 e. The molecule has 0 aliphatic carbocycles. The number of anilines is 1. The first kappa shape index (κ1) is 16.5. The Morgan fingerprint density at radius 3 is 3.00 bits per heavy atom. The van der Waals surface area contributed by atoms with Gasteiger partial charge in [0.2, 0.25) is 5.89 Å². The van der Waals surface area contributed by atoms with Crippen LogP contribution in [-0.2, 0) is 4.74 Å². The quantitative estimate of drug-likeness (QED) is 0.932. The second-order valence-corrected chi connectivity index (χ2v) is 6.37. The Balaban J connectivity index is 1.74. The van der Waals surface area contributed by atoms with E-state index in [9.17, 15) is 4.79 Å². The molecule has 1 aliphatic rings. The normalized spacial score (nSPS) is 20.9. The highest BCUT2D eigenvalue weighted by molar-refractivity contribution is 5.90. The molecular formula is C18H23N3O3. The molecule has 3 rings (SSSR count). The lowest BCUT2D eigenvalue weighted by atomic mass is 10.0. The molecule has 2 aromatic rings. The minimum atomic E-state index is -0.272. The zero-order valence-corrected chi connectivity index (χ0v) is 14.3. The smallest absolute Gasteiger partial charge is 0.322 e. The highest BCUT2D eigenvalue weighted by Crippen LogP contribution is 2.26. The maximum Gasteiger partial charge on any atom is 0.322 e. The molecular weight excluding hydrogens is 306 g/mol. The molecule has 1 saturated heterocycles. The van der Waals surface area contributed by atoms with Crippen molar-refractivity contribution in [1.29, 1.82) is 0 Å². The Bertz CT molecular complexity index is 714. The van der Waals surface area contributed by atoms with E-state index in [1.807, 2.05) is 32.0 Å². The Morgan fingerprint density at radius 2 is 2.29 bits per heavy atom. The maximum absolute atomic E-state index is 12.6. The van der Waals surface area contributed by atoms with Gasteiger partial charge in [-0.2, -0.15) is 0 Å². The Kier molecular flexibility index (Phi) is 4.57. The van der Waals surface area contributed by atoms with Gasteiger partial charge in [0, 0.05) is 17.8 Å². The van der Waals surface area contributed by atoms with Crippen LogP contribution in [0.25, 0.3) is 11.5 Å². The average molecular weight is 329 g/mol. The van der Waals surface area contributed by atoms with Gasteiger partial charge in [-0.3, -0.25) is 0 Å². The third-order valence-electron chi connectivity index (χ3n) is 4.52. The highest BCUT2D eigenvalue weighted by atomic mass is 16.5. The molecule has 0 spiro atoms. The summed E-state index contributed by atoms with van der Waals surface area (Å²) in [5.74, 6) is 0.550. The summed E-state index contributed by atoms with van der Waals surface area (Å²) >= 11 is 0. The summed E-state index contributed by atoms with van der Waals surface area (Å²) in [5, 5.41) is 2.97. The first-order valence-electron chi connectivity index (χ1n) is 8.21. The first-order chi connectivity index (χ1) is 11.5. The van der Waals surface area contributed by atoms with Gasteiger partial charge in [-0.1, -0.05) is 13.0 Å². The number of carbonyl (C=O) groups excluding carboxylic acids is 1. The average Bonchev–Trinajstić information content (AvgIpc) is 3.11. The predicted molar refractivity (Wildman–Crippen MR) is 91.9 cm³/mol. The van der Waals surface area contributed by atoms with E-state index in [2.05, 4.69) is 17.2 Å². The molecule has 6 heteroatoms. The van der Waals surface area contributed by atoms with E-state index in [1.54, 1.807) is 17.4 Å². The summed E-state index contributed by atoms with van der Waals surface area (Å²) in [6.07, 6.45) is 4.02. The van der Waals surface area contributed by atoms with Gasteiger partial charge in [-0.05, 0) is 38.0 Å². The number of nitrogens with one attached hydrogen (secondary N) is 1. The summed E-state index contributed by atoms with van der Waals surface area (Å²) in [4.78, 5) is 18.6. The zero-order chi connectivity index (χ0) is 17.2. The molecule has 1 aromatic carbocycles. The van der Waals surface area contributed by atoms with E-state index in [0.717, 1.165) is 23.2 Å². The van der Waals surface area contributed by atoms with Crippen LogP contribution in [0.15, 0.2) is 35.1 Å². The maximum atomic E-state index is 12.6. The molecule has 1 fully saturated rings. The van der Waals surface area contributed by atoms with Crippen molar-refractivity contribution in [2.45, 2.75) is 32.8 Å². The van der Waals surface area contributed by atoms with E-state index < -0.39 is 0 Å². The Hall–Kier alpha value is -2.34. The van der Waals surface area contributed by atoms with Crippen LogP contribution in [0.5, 0.6) is 0 Å². The van der Waals surface area contributed by atoms with Gasteiger partial charge in [0.25, 0.3) is 0 Å². The van der Waals surface area contributed by atoms with Crippen molar-refractivity contribution in [1.82, 2.24) is 9.88 Å². The summed E-state index contributed by atoms with van der Waals surface area (Å²) in [7, 11) is 0. The molecule has 0 unspecified atom stereocenters. The first-order valence-corrected chi connectivity index (χ1v) is 8.21. The van der Waals surface area contributed by atoms with Gasteiger partial charge in [-0.25, -0.2) is 9.78 Å². The van der Waals surface area contributed by atoms with Crippen molar-refractivity contribution >= 4 is 11.7 Å². The number of oxazole rings is 1. The molecule has 0 bridgehead atoms. The second kappa shape index (κ2) is 6.65. The number of amides is 2. The second-order valence-electron chi connectivity index (χ2n) is 6.37. The van der Waals surface area contributed by atoms with Crippen LogP contribution >= 0.6 is 0 Å². The lowest BCUT2D eigenvalue weighted by Gasteiger charge is -2.39. The van der Waals surface area contributed by atoms with Gasteiger partial charge >= 0.3 is 6.03 Å². The largest absolute Gasteiger partial charge is 0.445 e. The molecule has 2 heterocycles. The highest BCUT2D eigenvalue weighted by Gasteiger charge is 2.32. The topological polar surface area (TPSA) is 67.6 Å². The van der Waals surface area contributed by atoms with Crippen molar-refractivity contribution in [2.24, 2.45) is 0 Å². The van der Waals surface area contributed by atoms with E-state index in [0.29, 0.717) is 25.6 Å². The van der Waals surface area contributed by atoms with Crippen molar-refractivity contribution in [3.63, 3.8) is 0 Å². The SMILES string of the molecule is CC[C@]1(C)CN(C(=O)Nc2ccc(C)c(-c3ncco3)c2)CCO1. The number of rotatable bonds is 3. The molecule has 0 radical (unpaired) electrons. The van der Waals surface area contributed by atoms with Crippen molar-refractivity contribution in [2.75, 3.05) is 25.0 Å². The van der Waals surface area contributed by atoms with Crippen LogP contribution in [0.4, 0.5) is 10.5 Å². The molecule has 1 aromatic heterocycles. The molecule has 1 aliphatic heterocycles. The number of morpholine rings is 1. The number of nitrogens with zero attached hydrogens (tertiary/aromatic N) is 2. The fraction of sp³-hybridized carbons (Fsp3) is 0.444. The van der Waals surface area contributed by atoms with E-state index in [4.69, 9.17) is 9.15 Å². The molecule has 128 valence electrons. The molecule has 0 saturated carbocycles. The van der Waals surface area contributed by atoms with Gasteiger partial charge in [0.15, 0.2) is 0 Å². The van der Waals surface area contributed by atoms with E-state index in [-0.39, 0.29) is 11.6 Å². The van der Waals surface area contributed by atoms with Crippen molar-refractivity contribution in [3.05, 3.63) is 36.2 Å². The van der Waals surface area contributed by atoms with E-state index in [1.165, 1.54) is 0 Å². The number of benzene rings is 1. The molecule has 24 heavy (non-hydrogen) atoms. The molecule has 1 atom stereocenters. The van der Waals surface area contributed by atoms with Crippen LogP contribution in [0.3, 0.4) is 0 Å². The monoisotopic (exact) mass is 329 g/mol. The van der Waals surface area contributed by atoms with E-state index >= 15 is 0 Å². The minimum absolute atomic E-state index is 0.111. The summed E-state index contributed by atoms with van der Waals surface area (Å²) < 4.78 is 11.2. The number of aromatic nitrogens is 1. The Labute approximate surface area is 141 Å². The third-order valence-corrected chi connectivity index (χ3v) is 4.52. The molecule has 2 amide bonds. The number of urea groups is 1. The van der Waals surface area contributed by atoms with Crippen LogP contribution < -0.4 is 5.32 Å². The number of hydrogen-bond donors (Lipinski definition) is 1. The number of aryl methyl sites for hydroxylation is 1. The lowest BCUT2D eigenvalue weighted by Crippen LogP contribution is -2.53. The van der Waals surface area contributed by atoms with Crippen LogP contribution in [0.1, 0.15) is 25.8 Å². The lowest BCUT2D eigenvalue weighted by molar-refractivity contribution is -0.0860. The number of ether oxygens (including phenoxy) is 1. The summed E-state index contributed by atoms with van der Waals surface area (Å²) in [6.45, 7) is 7.85.